The van der Waals surface area contributed by atoms with Gasteiger partial charge in [-0.3, -0.25) is 0 Å². The van der Waals surface area contributed by atoms with Gasteiger partial charge in [0.05, 0.1) is 0 Å². The second-order valence-electron chi connectivity index (χ2n) is 8.05. The lowest BCUT2D eigenvalue weighted by atomic mass is 9.73. The molecule has 5 rings (SSSR count). The first kappa shape index (κ1) is 17.9. The van der Waals surface area contributed by atoms with Crippen molar-refractivity contribution in [2.24, 2.45) is 5.92 Å². The first-order valence-electron chi connectivity index (χ1n) is 10.3. The highest BCUT2D eigenvalue weighted by Crippen LogP contribution is 2.45. The van der Waals surface area contributed by atoms with E-state index in [1.807, 2.05) is 12.1 Å². The minimum atomic E-state index is -0.199. The zero-order valence-electron chi connectivity index (χ0n) is 16.6. The van der Waals surface area contributed by atoms with Crippen LogP contribution in [-0.4, -0.2) is 4.98 Å². The number of H-pyrrole nitrogens is 1. The van der Waals surface area contributed by atoms with Gasteiger partial charge in [0.25, 0.3) is 0 Å². The van der Waals surface area contributed by atoms with Crippen molar-refractivity contribution < 1.29 is 4.39 Å². The highest BCUT2D eigenvalue weighted by molar-refractivity contribution is 6.01. The van der Waals surface area contributed by atoms with Gasteiger partial charge in [0, 0.05) is 17.1 Å². The summed E-state index contributed by atoms with van der Waals surface area (Å²) in [5.41, 5.74) is 8.22. The summed E-state index contributed by atoms with van der Waals surface area (Å²) in [6.45, 7) is 2.11. The summed E-state index contributed by atoms with van der Waals surface area (Å²) >= 11 is 0. The third kappa shape index (κ3) is 3.29. The van der Waals surface area contributed by atoms with Crippen molar-refractivity contribution >= 4 is 22.0 Å². The lowest BCUT2D eigenvalue weighted by Crippen LogP contribution is -2.15. The molecular formula is C27H24FN. The molecule has 29 heavy (non-hydrogen) atoms. The molecule has 4 aromatic rings. The first-order valence-corrected chi connectivity index (χ1v) is 10.3. The van der Waals surface area contributed by atoms with Gasteiger partial charge >= 0.3 is 0 Å². The molecular weight excluding hydrogens is 357 g/mol. The van der Waals surface area contributed by atoms with Gasteiger partial charge in [0.2, 0.25) is 0 Å². The molecule has 0 amide bonds. The Bertz CT molecular complexity index is 1180. The van der Waals surface area contributed by atoms with E-state index in [-0.39, 0.29) is 5.82 Å². The molecule has 1 saturated carbocycles. The van der Waals surface area contributed by atoms with Gasteiger partial charge in [-0.05, 0) is 65.7 Å². The number of aromatic amines is 1. The number of hydrogen-bond donors (Lipinski definition) is 1. The summed E-state index contributed by atoms with van der Waals surface area (Å²) in [7, 11) is 0. The normalized spacial score (nSPS) is 15.2. The Labute approximate surface area is 170 Å². The van der Waals surface area contributed by atoms with Crippen molar-refractivity contribution in [1.29, 1.82) is 0 Å². The molecule has 0 spiro atoms. The topological polar surface area (TPSA) is 15.8 Å². The first-order chi connectivity index (χ1) is 14.2. The predicted molar refractivity (Wildman–Crippen MR) is 119 cm³/mol. The predicted octanol–water partition coefficient (Wildman–Crippen LogP) is 7.37. The molecule has 0 bridgehead atoms. The molecule has 0 atom stereocenters. The number of aryl methyl sites for hydroxylation is 1. The van der Waals surface area contributed by atoms with Crippen molar-refractivity contribution in [3.05, 3.63) is 107 Å². The zero-order valence-corrected chi connectivity index (χ0v) is 16.6. The van der Waals surface area contributed by atoms with Crippen molar-refractivity contribution in [1.82, 2.24) is 4.98 Å². The maximum atomic E-state index is 14.4. The van der Waals surface area contributed by atoms with Gasteiger partial charge < -0.3 is 4.98 Å². The van der Waals surface area contributed by atoms with Crippen molar-refractivity contribution in [2.75, 3.05) is 0 Å². The Kier molecular flexibility index (Phi) is 4.55. The summed E-state index contributed by atoms with van der Waals surface area (Å²) in [5.74, 6) is 0.343. The van der Waals surface area contributed by atoms with Gasteiger partial charge in [0.15, 0.2) is 0 Å². The summed E-state index contributed by atoms with van der Waals surface area (Å²) in [6.07, 6.45) is 5.13. The lowest BCUT2D eigenvalue weighted by Gasteiger charge is -2.31. The fourth-order valence-electron chi connectivity index (χ4n) is 4.34. The molecule has 144 valence electrons. The van der Waals surface area contributed by atoms with Crippen LogP contribution in [0.5, 0.6) is 0 Å². The van der Waals surface area contributed by atoms with E-state index in [1.165, 1.54) is 53.3 Å². The Morgan fingerprint density at radius 3 is 2.28 bits per heavy atom. The summed E-state index contributed by atoms with van der Waals surface area (Å²) in [5, 5.41) is 0.646. The van der Waals surface area contributed by atoms with E-state index in [4.69, 9.17) is 0 Å². The number of hydrogen-bond acceptors (Lipinski definition) is 0. The van der Waals surface area contributed by atoms with Gasteiger partial charge in [-0.25, -0.2) is 4.39 Å². The quantitative estimate of drug-likeness (QED) is 0.355. The van der Waals surface area contributed by atoms with Gasteiger partial charge in [-0.15, -0.1) is 0 Å². The maximum absolute atomic E-state index is 14.4. The van der Waals surface area contributed by atoms with Gasteiger partial charge in [-0.1, -0.05) is 72.6 Å². The van der Waals surface area contributed by atoms with Crippen LogP contribution in [0.2, 0.25) is 0 Å². The Balaban J connectivity index is 1.81. The number of aromatic nitrogens is 1. The fourth-order valence-corrected chi connectivity index (χ4v) is 4.34. The van der Waals surface area contributed by atoms with E-state index < -0.39 is 0 Å². The number of fused-ring (bicyclic) bond motifs is 1. The van der Waals surface area contributed by atoms with Crippen LogP contribution < -0.4 is 0 Å². The molecule has 0 radical (unpaired) electrons. The number of halogens is 1. The van der Waals surface area contributed by atoms with Crippen LogP contribution in [0.4, 0.5) is 4.39 Å². The standard InChI is InChI=1S/C27H24FN/c1-18-10-12-21(13-11-18)27(22-14-15-25-23(16-22)24(28)17-29-25)26(20-8-5-9-20)19-6-3-2-4-7-19/h2-4,6-7,10-17,20,29H,5,8-9H2,1H3/b27-26-. The molecule has 1 heterocycles. The molecule has 3 aromatic carbocycles. The fraction of sp³-hybridized carbons (Fsp3) is 0.185. The second kappa shape index (κ2) is 7.36. The maximum Gasteiger partial charge on any atom is 0.148 e. The van der Waals surface area contributed by atoms with Crippen LogP contribution in [0.3, 0.4) is 0 Å². The number of nitrogens with one attached hydrogen (secondary N) is 1. The summed E-state index contributed by atoms with van der Waals surface area (Å²) < 4.78 is 14.4. The van der Waals surface area contributed by atoms with Crippen LogP contribution in [0, 0.1) is 18.7 Å². The van der Waals surface area contributed by atoms with Crippen molar-refractivity contribution in [3.63, 3.8) is 0 Å². The number of allylic oxidation sites excluding steroid dienone is 1. The second-order valence-corrected chi connectivity index (χ2v) is 8.05. The highest BCUT2D eigenvalue weighted by atomic mass is 19.1. The molecule has 1 aliphatic carbocycles. The summed E-state index contributed by atoms with van der Waals surface area (Å²) in [6, 6.07) is 25.5. The smallest absolute Gasteiger partial charge is 0.148 e. The molecule has 1 aromatic heterocycles. The van der Waals surface area contributed by atoms with E-state index in [0.717, 1.165) is 11.1 Å². The summed E-state index contributed by atoms with van der Waals surface area (Å²) in [4.78, 5) is 3.02. The monoisotopic (exact) mass is 381 g/mol. The molecule has 1 N–H and O–H groups in total. The van der Waals surface area contributed by atoms with Crippen LogP contribution in [0.1, 0.15) is 41.5 Å². The van der Waals surface area contributed by atoms with E-state index in [9.17, 15) is 4.39 Å². The van der Waals surface area contributed by atoms with Crippen LogP contribution >= 0.6 is 0 Å². The largest absolute Gasteiger partial charge is 0.359 e. The number of benzene rings is 3. The van der Waals surface area contributed by atoms with Crippen molar-refractivity contribution in [3.8, 4) is 0 Å². The zero-order chi connectivity index (χ0) is 19.8. The molecule has 2 heteroatoms. The van der Waals surface area contributed by atoms with Gasteiger partial charge in [-0.2, -0.15) is 0 Å². The SMILES string of the molecule is Cc1ccc(/C(=C(\c2ccccc2)C2CCC2)c2ccc3[nH]cc(F)c3c2)cc1. The van der Waals surface area contributed by atoms with Crippen LogP contribution in [0.15, 0.2) is 79.0 Å². The molecule has 0 saturated heterocycles. The molecule has 1 aliphatic rings. The van der Waals surface area contributed by atoms with Crippen molar-refractivity contribution in [2.45, 2.75) is 26.2 Å². The van der Waals surface area contributed by atoms with E-state index in [1.54, 1.807) is 0 Å². The van der Waals surface area contributed by atoms with Crippen LogP contribution in [0.25, 0.3) is 22.0 Å². The Hall–Kier alpha value is -3.13. The molecule has 1 fully saturated rings. The average Bonchev–Trinajstić information content (AvgIpc) is 3.09. The Morgan fingerprint density at radius 2 is 1.59 bits per heavy atom. The van der Waals surface area contributed by atoms with E-state index in [2.05, 4.69) is 72.6 Å². The lowest BCUT2D eigenvalue weighted by molar-refractivity contribution is 0.401. The third-order valence-electron chi connectivity index (χ3n) is 6.13. The van der Waals surface area contributed by atoms with E-state index in [0.29, 0.717) is 11.3 Å². The van der Waals surface area contributed by atoms with Gasteiger partial charge in [0.1, 0.15) is 5.82 Å². The van der Waals surface area contributed by atoms with E-state index >= 15 is 0 Å². The average molecular weight is 381 g/mol. The third-order valence-corrected chi connectivity index (χ3v) is 6.13. The minimum absolute atomic E-state index is 0.199. The molecule has 1 nitrogen and oxygen atoms in total. The molecule has 0 unspecified atom stereocenters. The minimum Gasteiger partial charge on any atom is -0.359 e. The number of rotatable bonds is 4. The highest BCUT2D eigenvalue weighted by Gasteiger charge is 2.27. The Morgan fingerprint density at radius 1 is 0.862 bits per heavy atom. The van der Waals surface area contributed by atoms with Crippen LogP contribution in [-0.2, 0) is 0 Å². The molecule has 0 aliphatic heterocycles.